The van der Waals surface area contributed by atoms with E-state index in [-0.39, 0.29) is 5.91 Å². The fourth-order valence-corrected chi connectivity index (χ4v) is 2.76. The maximum absolute atomic E-state index is 11.4. The number of aromatic nitrogens is 2. The number of hydrogen-bond donors (Lipinski definition) is 1. The fourth-order valence-electron chi connectivity index (χ4n) is 2.76. The van der Waals surface area contributed by atoms with Gasteiger partial charge in [-0.05, 0) is 26.0 Å². The first-order valence-corrected chi connectivity index (χ1v) is 8.21. The number of piperazine rings is 1. The molecule has 2 heterocycles. The van der Waals surface area contributed by atoms with E-state index in [1.807, 2.05) is 30.0 Å². The van der Waals surface area contributed by atoms with Gasteiger partial charge < -0.3 is 15.1 Å². The molecule has 2 aromatic rings. The van der Waals surface area contributed by atoms with Crippen LogP contribution in [0.15, 0.2) is 30.3 Å². The highest BCUT2D eigenvalue weighted by atomic mass is 16.2. The lowest BCUT2D eigenvalue weighted by molar-refractivity contribution is -0.129. The van der Waals surface area contributed by atoms with E-state index in [2.05, 4.69) is 39.2 Å². The first-order chi connectivity index (χ1) is 11.5. The minimum Gasteiger partial charge on any atom is -0.340 e. The smallest absolute Gasteiger partial charge is 0.227 e. The third-order valence-electron chi connectivity index (χ3n) is 4.17. The van der Waals surface area contributed by atoms with E-state index >= 15 is 0 Å². The van der Waals surface area contributed by atoms with Gasteiger partial charge in [-0.2, -0.15) is 4.98 Å². The van der Waals surface area contributed by atoms with E-state index in [1.54, 1.807) is 6.92 Å². The summed E-state index contributed by atoms with van der Waals surface area (Å²) in [5.41, 5.74) is 3.15. The van der Waals surface area contributed by atoms with E-state index in [9.17, 15) is 4.79 Å². The van der Waals surface area contributed by atoms with E-state index in [0.717, 1.165) is 30.3 Å². The quantitative estimate of drug-likeness (QED) is 0.939. The Labute approximate surface area is 142 Å². The van der Waals surface area contributed by atoms with Crippen molar-refractivity contribution in [3.8, 4) is 0 Å². The van der Waals surface area contributed by atoms with Gasteiger partial charge in [0.2, 0.25) is 11.9 Å². The Balaban J connectivity index is 1.74. The Bertz CT molecular complexity index is 721. The molecule has 126 valence electrons. The summed E-state index contributed by atoms with van der Waals surface area (Å²) in [5, 5.41) is 3.34. The molecule has 1 fully saturated rings. The Hall–Kier alpha value is -2.63. The van der Waals surface area contributed by atoms with E-state index in [4.69, 9.17) is 0 Å². The maximum Gasteiger partial charge on any atom is 0.227 e. The van der Waals surface area contributed by atoms with Crippen LogP contribution in [0.4, 0.5) is 17.5 Å². The molecular formula is C18H23N5O. The van der Waals surface area contributed by atoms with E-state index < -0.39 is 0 Å². The van der Waals surface area contributed by atoms with Gasteiger partial charge in [-0.15, -0.1) is 0 Å². The highest BCUT2D eigenvalue weighted by Gasteiger charge is 2.20. The minimum atomic E-state index is 0.126. The molecule has 0 radical (unpaired) electrons. The molecule has 0 spiro atoms. The standard InChI is InChI=1S/C18H23N5O/c1-13-4-6-16(7-5-13)20-17-12-14(2)19-18(21-17)23-10-8-22(9-11-23)15(3)24/h4-7,12H,8-11H2,1-3H3,(H,19,20,21). The van der Waals surface area contributed by atoms with Crippen molar-refractivity contribution < 1.29 is 4.79 Å². The second kappa shape index (κ2) is 6.86. The van der Waals surface area contributed by atoms with Crippen molar-refractivity contribution in [1.82, 2.24) is 14.9 Å². The number of amides is 1. The predicted octanol–water partition coefficient (Wildman–Crippen LogP) is 2.51. The Morgan fingerprint density at radius 1 is 1.04 bits per heavy atom. The summed E-state index contributed by atoms with van der Waals surface area (Å²) in [6.07, 6.45) is 0. The highest BCUT2D eigenvalue weighted by Crippen LogP contribution is 2.19. The summed E-state index contributed by atoms with van der Waals surface area (Å²) in [6, 6.07) is 10.2. The van der Waals surface area contributed by atoms with E-state index in [1.165, 1.54) is 5.56 Å². The van der Waals surface area contributed by atoms with Crippen molar-refractivity contribution in [3.63, 3.8) is 0 Å². The molecule has 0 saturated carbocycles. The maximum atomic E-state index is 11.4. The van der Waals surface area contributed by atoms with Crippen LogP contribution in [-0.4, -0.2) is 47.0 Å². The first-order valence-electron chi connectivity index (χ1n) is 8.21. The summed E-state index contributed by atoms with van der Waals surface area (Å²) in [4.78, 5) is 24.6. The van der Waals surface area contributed by atoms with Gasteiger partial charge in [0, 0.05) is 50.6 Å². The summed E-state index contributed by atoms with van der Waals surface area (Å²) in [5.74, 6) is 1.63. The van der Waals surface area contributed by atoms with Crippen LogP contribution in [0.1, 0.15) is 18.2 Å². The largest absolute Gasteiger partial charge is 0.340 e. The number of anilines is 3. The van der Waals surface area contributed by atoms with Gasteiger partial charge in [0.25, 0.3) is 0 Å². The molecule has 1 aliphatic heterocycles. The molecule has 24 heavy (non-hydrogen) atoms. The lowest BCUT2D eigenvalue weighted by atomic mass is 10.2. The number of rotatable bonds is 3. The molecular weight excluding hydrogens is 302 g/mol. The zero-order valence-electron chi connectivity index (χ0n) is 14.4. The van der Waals surface area contributed by atoms with Gasteiger partial charge in [0.05, 0.1) is 0 Å². The predicted molar refractivity (Wildman–Crippen MR) is 95.7 cm³/mol. The minimum absolute atomic E-state index is 0.126. The topological polar surface area (TPSA) is 61.4 Å². The van der Waals surface area contributed by atoms with Gasteiger partial charge in [-0.25, -0.2) is 4.98 Å². The number of nitrogens with zero attached hydrogens (tertiary/aromatic N) is 4. The van der Waals surface area contributed by atoms with E-state index in [0.29, 0.717) is 19.0 Å². The molecule has 1 N–H and O–H groups in total. The molecule has 0 unspecified atom stereocenters. The first kappa shape index (κ1) is 16.2. The lowest BCUT2D eigenvalue weighted by Crippen LogP contribution is -2.48. The second-order valence-corrected chi connectivity index (χ2v) is 6.18. The molecule has 1 aromatic carbocycles. The molecule has 6 heteroatoms. The van der Waals surface area contributed by atoms with Gasteiger partial charge in [0.15, 0.2) is 0 Å². The molecule has 6 nitrogen and oxygen atoms in total. The van der Waals surface area contributed by atoms with Crippen LogP contribution in [-0.2, 0) is 4.79 Å². The Kier molecular flexibility index (Phi) is 4.64. The number of benzene rings is 1. The van der Waals surface area contributed by atoms with Crippen LogP contribution in [0.3, 0.4) is 0 Å². The molecule has 3 rings (SSSR count). The molecule has 1 aliphatic rings. The molecule has 0 atom stereocenters. The van der Waals surface area contributed by atoms with Crippen LogP contribution in [0.25, 0.3) is 0 Å². The zero-order chi connectivity index (χ0) is 17.1. The Morgan fingerprint density at radius 3 is 2.33 bits per heavy atom. The Morgan fingerprint density at radius 2 is 1.71 bits per heavy atom. The molecule has 0 aliphatic carbocycles. The SMILES string of the molecule is CC(=O)N1CCN(c2nc(C)cc(Nc3ccc(C)cc3)n2)CC1. The number of aryl methyl sites for hydroxylation is 2. The summed E-state index contributed by atoms with van der Waals surface area (Å²) < 4.78 is 0. The summed E-state index contributed by atoms with van der Waals surface area (Å²) in [6.45, 7) is 8.60. The third-order valence-corrected chi connectivity index (χ3v) is 4.17. The van der Waals surface area contributed by atoms with Crippen molar-refractivity contribution in [2.75, 3.05) is 36.4 Å². The van der Waals surface area contributed by atoms with Crippen LogP contribution in [0.5, 0.6) is 0 Å². The van der Waals surface area contributed by atoms with Crippen LogP contribution >= 0.6 is 0 Å². The molecule has 1 aromatic heterocycles. The average molecular weight is 325 g/mol. The second-order valence-electron chi connectivity index (χ2n) is 6.18. The lowest BCUT2D eigenvalue weighted by Gasteiger charge is -2.34. The summed E-state index contributed by atoms with van der Waals surface area (Å²) >= 11 is 0. The van der Waals surface area contributed by atoms with Crippen LogP contribution < -0.4 is 10.2 Å². The number of nitrogens with one attached hydrogen (secondary N) is 1. The van der Waals surface area contributed by atoms with Crippen LogP contribution in [0, 0.1) is 13.8 Å². The van der Waals surface area contributed by atoms with Gasteiger partial charge >= 0.3 is 0 Å². The molecule has 1 saturated heterocycles. The third kappa shape index (κ3) is 3.82. The van der Waals surface area contributed by atoms with Crippen molar-refractivity contribution in [2.24, 2.45) is 0 Å². The number of hydrogen-bond acceptors (Lipinski definition) is 5. The molecule has 1 amide bonds. The normalized spacial score (nSPS) is 14.6. The number of carbonyl (C=O) groups is 1. The van der Waals surface area contributed by atoms with Crippen molar-refractivity contribution >= 4 is 23.4 Å². The monoisotopic (exact) mass is 325 g/mol. The molecule has 0 bridgehead atoms. The average Bonchev–Trinajstić information content (AvgIpc) is 2.56. The van der Waals surface area contributed by atoms with Crippen molar-refractivity contribution in [3.05, 3.63) is 41.6 Å². The van der Waals surface area contributed by atoms with Crippen molar-refractivity contribution in [1.29, 1.82) is 0 Å². The van der Waals surface area contributed by atoms with Gasteiger partial charge in [0.1, 0.15) is 5.82 Å². The zero-order valence-corrected chi connectivity index (χ0v) is 14.4. The number of carbonyl (C=O) groups excluding carboxylic acids is 1. The summed E-state index contributed by atoms with van der Waals surface area (Å²) in [7, 11) is 0. The van der Waals surface area contributed by atoms with Gasteiger partial charge in [-0.3, -0.25) is 4.79 Å². The van der Waals surface area contributed by atoms with Crippen molar-refractivity contribution in [2.45, 2.75) is 20.8 Å². The van der Waals surface area contributed by atoms with Crippen LogP contribution in [0.2, 0.25) is 0 Å². The van der Waals surface area contributed by atoms with Gasteiger partial charge in [-0.1, -0.05) is 17.7 Å². The fraction of sp³-hybridized carbons (Fsp3) is 0.389. The highest BCUT2D eigenvalue weighted by molar-refractivity contribution is 5.73.